The second-order valence-electron chi connectivity index (χ2n) is 11.5. The monoisotopic (exact) mass is 521 g/mol. The van der Waals surface area contributed by atoms with Crippen LogP contribution in [0.15, 0.2) is 18.2 Å². The highest BCUT2D eigenvalue weighted by Crippen LogP contribution is 2.33. The molecule has 0 heterocycles. The molecular formula is C28H43NO8. The fourth-order valence-electron chi connectivity index (χ4n) is 2.73. The smallest absolute Gasteiger partial charge is 0.323 e. The van der Waals surface area contributed by atoms with E-state index in [1.807, 2.05) is 13.8 Å². The van der Waals surface area contributed by atoms with Gasteiger partial charge in [0, 0.05) is 6.42 Å². The molecule has 1 rings (SSSR count). The number of benzene rings is 1. The van der Waals surface area contributed by atoms with Crippen molar-refractivity contribution in [2.75, 3.05) is 6.61 Å². The van der Waals surface area contributed by atoms with Crippen LogP contribution in [0.5, 0.6) is 11.5 Å². The Bertz CT molecular complexity index is 958. The molecule has 1 aromatic carbocycles. The summed E-state index contributed by atoms with van der Waals surface area (Å²) in [7, 11) is 0. The van der Waals surface area contributed by atoms with Crippen LogP contribution in [0.3, 0.4) is 0 Å². The number of nitrogens with two attached hydrogens (primary N) is 1. The Morgan fingerprint density at radius 2 is 1.43 bits per heavy atom. The number of ether oxygens (including phenoxy) is 4. The highest BCUT2D eigenvalue weighted by molar-refractivity contribution is 5.81. The van der Waals surface area contributed by atoms with Gasteiger partial charge in [-0.2, -0.15) is 0 Å². The van der Waals surface area contributed by atoms with Gasteiger partial charge in [-0.1, -0.05) is 26.3 Å². The van der Waals surface area contributed by atoms with Gasteiger partial charge in [0.2, 0.25) is 0 Å². The highest BCUT2D eigenvalue weighted by Gasteiger charge is 2.29. The lowest BCUT2D eigenvalue weighted by atomic mass is 9.97. The molecule has 0 aliphatic rings. The van der Waals surface area contributed by atoms with E-state index in [0.717, 1.165) is 6.42 Å². The lowest BCUT2D eigenvalue weighted by molar-refractivity contribution is -0.159. The lowest BCUT2D eigenvalue weighted by Crippen LogP contribution is -2.36. The fraction of sp³-hybridized carbons (Fsp3) is 0.643. The number of hydrogen-bond donors (Lipinski definition) is 1. The van der Waals surface area contributed by atoms with Crippen molar-refractivity contribution in [2.45, 2.75) is 93.7 Å². The maximum absolute atomic E-state index is 12.5. The van der Waals surface area contributed by atoms with Gasteiger partial charge >= 0.3 is 23.9 Å². The van der Waals surface area contributed by atoms with E-state index in [1.54, 1.807) is 54.5 Å². The summed E-state index contributed by atoms with van der Waals surface area (Å²) in [6.07, 6.45) is 0.643. The molecule has 1 aromatic rings. The first-order chi connectivity index (χ1) is 16.9. The third-order valence-electron chi connectivity index (χ3n) is 5.40. The van der Waals surface area contributed by atoms with E-state index in [0.29, 0.717) is 12.0 Å². The molecule has 0 saturated carbocycles. The Balaban J connectivity index is 2.89. The molecule has 9 heteroatoms. The minimum absolute atomic E-state index is 0.0532. The molecule has 0 amide bonds. The van der Waals surface area contributed by atoms with Crippen LogP contribution >= 0.6 is 0 Å². The van der Waals surface area contributed by atoms with Gasteiger partial charge in [-0.3, -0.25) is 19.2 Å². The molecule has 37 heavy (non-hydrogen) atoms. The van der Waals surface area contributed by atoms with Crippen molar-refractivity contribution in [3.63, 3.8) is 0 Å². The van der Waals surface area contributed by atoms with Crippen LogP contribution in [0.4, 0.5) is 0 Å². The van der Waals surface area contributed by atoms with E-state index in [4.69, 9.17) is 24.7 Å². The Morgan fingerprint density at radius 3 is 1.95 bits per heavy atom. The van der Waals surface area contributed by atoms with Crippen molar-refractivity contribution in [3.8, 4) is 11.5 Å². The fourth-order valence-corrected chi connectivity index (χ4v) is 2.73. The zero-order valence-corrected chi connectivity index (χ0v) is 23.6. The quantitative estimate of drug-likeness (QED) is 0.333. The molecule has 0 radical (unpaired) electrons. The Morgan fingerprint density at radius 1 is 0.892 bits per heavy atom. The predicted octanol–water partition coefficient (Wildman–Crippen LogP) is 4.37. The van der Waals surface area contributed by atoms with Gasteiger partial charge in [0.25, 0.3) is 0 Å². The molecule has 0 spiro atoms. The van der Waals surface area contributed by atoms with E-state index in [-0.39, 0.29) is 36.4 Å². The van der Waals surface area contributed by atoms with Crippen LogP contribution in [-0.2, 0) is 35.1 Å². The Hall–Kier alpha value is -2.94. The molecule has 0 fully saturated rings. The molecule has 0 bridgehead atoms. The molecule has 9 nitrogen and oxygen atoms in total. The second-order valence-corrected chi connectivity index (χ2v) is 11.5. The topological polar surface area (TPSA) is 131 Å². The van der Waals surface area contributed by atoms with Crippen LogP contribution in [0, 0.1) is 16.7 Å². The van der Waals surface area contributed by atoms with Crippen molar-refractivity contribution >= 4 is 23.9 Å². The van der Waals surface area contributed by atoms with Gasteiger partial charge in [0.1, 0.15) is 18.8 Å². The molecule has 1 unspecified atom stereocenters. The zero-order valence-electron chi connectivity index (χ0n) is 23.6. The van der Waals surface area contributed by atoms with Gasteiger partial charge in [0.05, 0.1) is 10.8 Å². The average Bonchev–Trinajstić information content (AvgIpc) is 2.77. The van der Waals surface area contributed by atoms with Crippen molar-refractivity contribution in [3.05, 3.63) is 23.8 Å². The van der Waals surface area contributed by atoms with E-state index in [1.165, 1.54) is 12.1 Å². The molecule has 208 valence electrons. The molecule has 0 aliphatic heterocycles. The minimum atomic E-state index is -1.02. The van der Waals surface area contributed by atoms with Crippen LogP contribution in [0.25, 0.3) is 0 Å². The van der Waals surface area contributed by atoms with Gasteiger partial charge < -0.3 is 24.7 Å². The van der Waals surface area contributed by atoms with Crippen molar-refractivity contribution in [1.82, 2.24) is 0 Å². The summed E-state index contributed by atoms with van der Waals surface area (Å²) in [5.41, 5.74) is 5.05. The van der Waals surface area contributed by atoms with E-state index in [2.05, 4.69) is 0 Å². The van der Waals surface area contributed by atoms with E-state index >= 15 is 0 Å². The largest absolute Gasteiger partial charge is 0.461 e. The van der Waals surface area contributed by atoms with Crippen LogP contribution in [0.2, 0.25) is 0 Å². The number of esters is 4. The third kappa shape index (κ3) is 11.3. The highest BCUT2D eigenvalue weighted by atomic mass is 16.6. The summed E-state index contributed by atoms with van der Waals surface area (Å²) in [5.74, 6) is -1.66. The second kappa shape index (κ2) is 13.6. The first-order valence-corrected chi connectivity index (χ1v) is 12.6. The average molecular weight is 522 g/mol. The van der Waals surface area contributed by atoms with Gasteiger partial charge in [-0.25, -0.2) is 0 Å². The summed E-state index contributed by atoms with van der Waals surface area (Å²) in [6.45, 7) is 15.7. The zero-order chi connectivity index (χ0) is 28.6. The van der Waals surface area contributed by atoms with Crippen molar-refractivity contribution in [1.29, 1.82) is 0 Å². The maximum atomic E-state index is 12.5. The normalized spacial score (nSPS) is 14.2. The Labute approximate surface area is 220 Å². The van der Waals surface area contributed by atoms with Crippen LogP contribution < -0.4 is 15.2 Å². The van der Waals surface area contributed by atoms with Crippen LogP contribution in [0.1, 0.15) is 80.7 Å². The first-order valence-electron chi connectivity index (χ1n) is 12.6. The van der Waals surface area contributed by atoms with Crippen LogP contribution in [-0.4, -0.2) is 42.6 Å². The van der Waals surface area contributed by atoms with Crippen molar-refractivity contribution in [2.24, 2.45) is 22.5 Å². The maximum Gasteiger partial charge on any atom is 0.323 e. The number of hydrogen-bond acceptors (Lipinski definition) is 9. The van der Waals surface area contributed by atoms with Gasteiger partial charge in [-0.15, -0.1) is 0 Å². The molecule has 0 aromatic heterocycles. The molecule has 0 saturated heterocycles. The number of carbonyl (C=O) groups excluding carboxylic acids is 4. The predicted molar refractivity (Wildman–Crippen MR) is 139 cm³/mol. The molecule has 2 N–H and O–H groups in total. The lowest BCUT2D eigenvalue weighted by Gasteiger charge is -2.21. The molecule has 0 aliphatic carbocycles. The standard InChI is InChI=1S/C28H43NO8/c1-10-17(2)13-23(30)35-18(3)16-34-24(31)20(29)14-19-11-12-21(36-25(32)27(4,5)6)22(15-19)37-26(33)28(7,8)9/h11-12,15,17-18,20H,10,13-14,16,29H2,1-9H3/t17?,18-,20-/m0/s1. The summed E-state index contributed by atoms with van der Waals surface area (Å²) >= 11 is 0. The minimum Gasteiger partial charge on any atom is -0.461 e. The SMILES string of the molecule is CCC(C)CC(=O)O[C@@H](C)COC(=O)[C@@H](N)Cc1ccc(OC(=O)C(C)(C)C)c(OC(=O)C(C)(C)C)c1. The first kappa shape index (κ1) is 32.1. The Kier molecular flexibility index (Phi) is 11.8. The number of carbonyl (C=O) groups is 4. The van der Waals surface area contributed by atoms with Crippen molar-refractivity contribution < 1.29 is 38.1 Å². The molecular weight excluding hydrogens is 478 g/mol. The number of rotatable bonds is 11. The van der Waals surface area contributed by atoms with Gasteiger partial charge in [-0.05, 0) is 78.5 Å². The summed E-state index contributed by atoms with van der Waals surface area (Å²) in [6, 6.07) is 3.63. The van der Waals surface area contributed by atoms with Gasteiger partial charge in [0.15, 0.2) is 11.5 Å². The summed E-state index contributed by atoms with van der Waals surface area (Å²) < 4.78 is 21.5. The third-order valence-corrected chi connectivity index (χ3v) is 5.40. The van der Waals surface area contributed by atoms with E-state index in [9.17, 15) is 19.2 Å². The molecule has 3 atom stereocenters. The summed E-state index contributed by atoms with van der Waals surface area (Å²) in [5, 5.41) is 0. The summed E-state index contributed by atoms with van der Waals surface area (Å²) in [4.78, 5) is 49.3. The van der Waals surface area contributed by atoms with E-state index < -0.39 is 40.9 Å².